The van der Waals surface area contributed by atoms with E-state index in [1.807, 2.05) is 0 Å². The van der Waals surface area contributed by atoms with Crippen LogP contribution in [-0.2, 0) is 19.1 Å². The lowest BCUT2D eigenvalue weighted by molar-refractivity contribution is -0.192. The summed E-state index contributed by atoms with van der Waals surface area (Å²) < 4.78 is 5.36. The topological polar surface area (TPSA) is 138 Å². The lowest BCUT2D eigenvalue weighted by Crippen LogP contribution is -2.80. The molecule has 27 heavy (non-hydrogen) atoms. The third-order valence-corrected chi connectivity index (χ3v) is 6.94. The molecule has 1 fully saturated rings. The Bertz CT molecular complexity index is 786. The zero-order valence-electron chi connectivity index (χ0n) is 14.4. The zero-order chi connectivity index (χ0) is 19.6. The first kappa shape index (κ1) is 20.0. The van der Waals surface area contributed by atoms with Crippen LogP contribution in [0.1, 0.15) is 0 Å². The molecule has 1 saturated heterocycles. The summed E-state index contributed by atoms with van der Waals surface area (Å²) in [5.41, 5.74) is -1.00. The molecule has 0 spiro atoms. The smallest absolute Gasteiger partial charge is 0.352 e. The van der Waals surface area contributed by atoms with Gasteiger partial charge >= 0.3 is 5.97 Å². The van der Waals surface area contributed by atoms with Gasteiger partial charge in [-0.2, -0.15) is 11.8 Å². The normalized spacial score (nSPS) is 24.4. The molecule has 10 nitrogen and oxygen atoms in total. The van der Waals surface area contributed by atoms with Crippen LogP contribution in [0.25, 0.3) is 0 Å². The van der Waals surface area contributed by atoms with Gasteiger partial charge < -0.3 is 15.2 Å². The number of aromatic amines is 1. The van der Waals surface area contributed by atoms with Gasteiger partial charge in [0.25, 0.3) is 11.6 Å². The van der Waals surface area contributed by atoms with E-state index >= 15 is 0 Å². The maximum Gasteiger partial charge on any atom is 0.352 e. The van der Waals surface area contributed by atoms with Crippen LogP contribution in [-0.4, -0.2) is 84.9 Å². The number of hydrogen-bond donors (Lipinski definition) is 3. The summed E-state index contributed by atoms with van der Waals surface area (Å²) in [4.78, 5) is 37.9. The van der Waals surface area contributed by atoms with E-state index in [-0.39, 0.29) is 17.4 Å². The van der Waals surface area contributed by atoms with E-state index in [1.165, 1.54) is 47.3 Å². The molecule has 0 bridgehead atoms. The summed E-state index contributed by atoms with van der Waals surface area (Å²) in [5.74, 6) is -1.19. The lowest BCUT2D eigenvalue weighted by Gasteiger charge is -2.55. The van der Waals surface area contributed by atoms with Gasteiger partial charge in [0.15, 0.2) is 0 Å². The maximum absolute atomic E-state index is 12.8. The number of β-lactam (4-membered cyclic amide) rings is 1. The Hall–Kier alpha value is -1.70. The summed E-state index contributed by atoms with van der Waals surface area (Å²) >= 11 is 4.00. The number of thioether (sulfide) groups is 3. The molecule has 0 aromatic carbocycles. The molecule has 1 aromatic heterocycles. The molecule has 2 amide bonds. The number of aromatic nitrogens is 3. The number of fused-ring (bicyclic) bond motifs is 1. The molecular weight excluding hydrogens is 414 g/mol. The standard InChI is InChI=1S/C14H17N5O5S3/c1-24-14(16-8(20)6-25-2)12(23)19-10(11(21)22)7(5-27-13(14)19)4-26-9-3-15-18-17-9/h3,13H,4-6H2,1-2H3,(H,16,20)(H,21,22)(H,15,17,18)/t13-,14-/m0/s1. The van der Waals surface area contributed by atoms with E-state index in [1.54, 1.807) is 12.5 Å². The van der Waals surface area contributed by atoms with Gasteiger partial charge in [0.05, 0.1) is 11.9 Å². The first-order valence-corrected chi connectivity index (χ1v) is 11.1. The van der Waals surface area contributed by atoms with Gasteiger partial charge in [-0.1, -0.05) is 17.0 Å². The van der Waals surface area contributed by atoms with Gasteiger partial charge in [0, 0.05) is 18.6 Å². The predicted octanol–water partition coefficient (Wildman–Crippen LogP) is -0.0275. The van der Waals surface area contributed by atoms with Crippen molar-refractivity contribution in [3.63, 3.8) is 0 Å². The number of methoxy groups -OCH3 is 1. The van der Waals surface area contributed by atoms with Crippen LogP contribution in [0, 0.1) is 0 Å². The van der Waals surface area contributed by atoms with Crippen molar-refractivity contribution in [3.05, 3.63) is 17.5 Å². The first-order valence-electron chi connectivity index (χ1n) is 7.69. The van der Waals surface area contributed by atoms with Crippen LogP contribution in [0.5, 0.6) is 0 Å². The number of carbonyl (C=O) groups is 3. The summed E-state index contributed by atoms with van der Waals surface area (Å²) in [6.07, 6.45) is 3.38. The second kappa shape index (κ2) is 8.12. The molecule has 0 unspecified atom stereocenters. The minimum absolute atomic E-state index is 0.0634. The van der Waals surface area contributed by atoms with E-state index in [2.05, 4.69) is 20.7 Å². The summed E-state index contributed by atoms with van der Waals surface area (Å²) in [5, 5.41) is 22.3. The molecular formula is C14H17N5O5S3. The quantitative estimate of drug-likeness (QED) is 0.292. The third-order valence-electron chi connectivity index (χ3n) is 4.02. The zero-order valence-corrected chi connectivity index (χ0v) is 16.9. The number of carboxylic acid groups (broad SMARTS) is 1. The summed E-state index contributed by atoms with van der Waals surface area (Å²) in [6.45, 7) is 0. The van der Waals surface area contributed by atoms with Crippen LogP contribution >= 0.6 is 35.3 Å². The Morgan fingerprint density at radius 3 is 2.96 bits per heavy atom. The largest absolute Gasteiger partial charge is 0.477 e. The van der Waals surface area contributed by atoms with Crippen LogP contribution in [0.15, 0.2) is 22.5 Å². The molecule has 3 rings (SSSR count). The minimum atomic E-state index is -1.54. The molecule has 0 aliphatic carbocycles. The van der Waals surface area contributed by atoms with Crippen LogP contribution in [0.4, 0.5) is 0 Å². The number of H-pyrrole nitrogens is 1. The molecule has 1 aromatic rings. The van der Waals surface area contributed by atoms with Gasteiger partial charge in [0.2, 0.25) is 5.91 Å². The molecule has 0 saturated carbocycles. The lowest BCUT2D eigenvalue weighted by atomic mass is 9.98. The maximum atomic E-state index is 12.8. The van der Waals surface area contributed by atoms with Crippen molar-refractivity contribution in [1.82, 2.24) is 25.6 Å². The minimum Gasteiger partial charge on any atom is -0.477 e. The van der Waals surface area contributed by atoms with Crippen molar-refractivity contribution >= 4 is 53.1 Å². The van der Waals surface area contributed by atoms with Gasteiger partial charge in [-0.25, -0.2) is 4.79 Å². The van der Waals surface area contributed by atoms with Crippen molar-refractivity contribution in [2.24, 2.45) is 0 Å². The highest BCUT2D eigenvalue weighted by Crippen LogP contribution is 2.47. The molecule has 2 aliphatic rings. The number of carbonyl (C=O) groups excluding carboxylic acids is 2. The number of aliphatic carboxylic acids is 1. The number of hydrogen-bond acceptors (Lipinski definition) is 9. The second-order valence-corrected chi connectivity index (χ2v) is 8.55. The second-order valence-electron chi connectivity index (χ2n) is 5.62. The first-order chi connectivity index (χ1) is 12.9. The monoisotopic (exact) mass is 431 g/mol. The Kier molecular flexibility index (Phi) is 6.03. The van der Waals surface area contributed by atoms with Crippen molar-refractivity contribution in [2.45, 2.75) is 16.1 Å². The highest BCUT2D eigenvalue weighted by molar-refractivity contribution is 8.01. The fourth-order valence-corrected chi connectivity index (χ4v) is 5.55. The number of carboxylic acids is 1. The number of ether oxygens (including phenoxy) is 1. The Balaban J connectivity index is 1.83. The van der Waals surface area contributed by atoms with E-state index in [0.717, 1.165) is 0 Å². The summed E-state index contributed by atoms with van der Waals surface area (Å²) in [7, 11) is 1.33. The molecule has 13 heteroatoms. The Labute approximate surface area is 167 Å². The molecule has 2 atom stereocenters. The molecule has 2 aliphatic heterocycles. The van der Waals surface area contributed by atoms with Crippen molar-refractivity contribution in [2.75, 3.05) is 30.6 Å². The van der Waals surface area contributed by atoms with E-state index in [4.69, 9.17) is 4.74 Å². The Morgan fingerprint density at radius 2 is 2.37 bits per heavy atom. The predicted molar refractivity (Wildman–Crippen MR) is 101 cm³/mol. The van der Waals surface area contributed by atoms with E-state index < -0.39 is 23.0 Å². The number of nitrogens with one attached hydrogen (secondary N) is 2. The van der Waals surface area contributed by atoms with Gasteiger partial charge in [-0.05, 0) is 11.8 Å². The summed E-state index contributed by atoms with van der Waals surface area (Å²) in [6, 6.07) is 0. The van der Waals surface area contributed by atoms with Gasteiger partial charge in [-0.3, -0.25) is 19.6 Å². The molecule has 146 valence electrons. The Morgan fingerprint density at radius 1 is 1.59 bits per heavy atom. The van der Waals surface area contributed by atoms with Crippen LogP contribution in [0.2, 0.25) is 0 Å². The van der Waals surface area contributed by atoms with E-state index in [0.29, 0.717) is 22.1 Å². The fraction of sp³-hybridized carbons (Fsp3) is 0.500. The van der Waals surface area contributed by atoms with Crippen molar-refractivity contribution in [1.29, 1.82) is 0 Å². The fourth-order valence-electron chi connectivity index (χ4n) is 2.85. The highest BCUT2D eigenvalue weighted by atomic mass is 32.2. The van der Waals surface area contributed by atoms with E-state index in [9.17, 15) is 19.5 Å². The van der Waals surface area contributed by atoms with Gasteiger partial charge in [0.1, 0.15) is 16.1 Å². The average molecular weight is 432 g/mol. The highest BCUT2D eigenvalue weighted by Gasteiger charge is 2.66. The molecule has 0 radical (unpaired) electrons. The SMILES string of the molecule is CO[C@@]1(NC(=O)CSC)C(=O)N2C(C(=O)O)=C(CSc3c[nH]nn3)CS[C@H]21. The molecule has 3 heterocycles. The van der Waals surface area contributed by atoms with Crippen molar-refractivity contribution < 1.29 is 24.2 Å². The van der Waals surface area contributed by atoms with Crippen LogP contribution in [0.3, 0.4) is 0 Å². The number of amides is 2. The van der Waals surface area contributed by atoms with Crippen LogP contribution < -0.4 is 5.32 Å². The van der Waals surface area contributed by atoms with Crippen molar-refractivity contribution in [3.8, 4) is 0 Å². The average Bonchev–Trinajstić information content (AvgIpc) is 3.17. The number of rotatable bonds is 8. The van der Waals surface area contributed by atoms with Gasteiger partial charge in [-0.15, -0.1) is 16.9 Å². The molecule has 3 N–H and O–H groups in total. The third kappa shape index (κ3) is 3.56. The number of nitrogens with zero attached hydrogens (tertiary/aromatic N) is 3.